The molecule has 2 heterocycles. The average molecular weight is 318 g/mol. The summed E-state index contributed by atoms with van der Waals surface area (Å²) in [7, 11) is 0. The molecule has 0 aliphatic carbocycles. The van der Waals surface area contributed by atoms with E-state index in [1.54, 1.807) is 10.9 Å². The van der Waals surface area contributed by atoms with Gasteiger partial charge in [-0.15, -0.1) is 11.3 Å². The molecule has 0 saturated carbocycles. The molecule has 0 saturated heterocycles. The van der Waals surface area contributed by atoms with Gasteiger partial charge < -0.3 is 0 Å². The maximum Gasteiger partial charge on any atom is 0.275 e. The summed E-state index contributed by atoms with van der Waals surface area (Å²) in [4.78, 5) is 17.4. The molecule has 0 aliphatic heterocycles. The molecule has 4 heteroatoms. The molecule has 0 amide bonds. The lowest BCUT2D eigenvalue weighted by Gasteiger charge is -2.06. The van der Waals surface area contributed by atoms with E-state index in [1.165, 1.54) is 11.3 Å². The first-order chi connectivity index (χ1) is 11.2. The highest BCUT2D eigenvalue weighted by molar-refractivity contribution is 7.17. The third kappa shape index (κ3) is 2.37. The van der Waals surface area contributed by atoms with Crippen molar-refractivity contribution < 1.29 is 0 Å². The number of aromatic nitrogens is 2. The molecule has 3 nitrogen and oxygen atoms in total. The number of aryl methyl sites for hydroxylation is 1. The third-order valence-electron chi connectivity index (χ3n) is 3.84. The van der Waals surface area contributed by atoms with Gasteiger partial charge in [-0.2, -0.15) is 0 Å². The minimum absolute atomic E-state index is 0.0206. The summed E-state index contributed by atoms with van der Waals surface area (Å²) < 4.78 is 2.30. The number of rotatable bonds is 2. The molecule has 0 aliphatic rings. The van der Waals surface area contributed by atoms with Crippen molar-refractivity contribution in [1.29, 1.82) is 0 Å². The van der Waals surface area contributed by atoms with Crippen LogP contribution in [0.5, 0.6) is 0 Å². The van der Waals surface area contributed by atoms with Gasteiger partial charge in [-0.05, 0) is 30.2 Å². The summed E-state index contributed by atoms with van der Waals surface area (Å²) in [6.07, 6.45) is 1.62. The van der Waals surface area contributed by atoms with Gasteiger partial charge in [-0.3, -0.25) is 9.36 Å². The first-order valence-corrected chi connectivity index (χ1v) is 8.23. The minimum atomic E-state index is -0.0206. The zero-order valence-electron chi connectivity index (χ0n) is 12.6. The van der Waals surface area contributed by atoms with Crippen molar-refractivity contribution in [3.8, 4) is 16.8 Å². The lowest BCUT2D eigenvalue weighted by Crippen LogP contribution is -2.17. The van der Waals surface area contributed by atoms with Crippen LogP contribution in [0.3, 0.4) is 0 Å². The number of fused-ring (bicyclic) bond motifs is 1. The molecule has 0 unspecified atom stereocenters. The molecule has 23 heavy (non-hydrogen) atoms. The number of benzene rings is 2. The van der Waals surface area contributed by atoms with E-state index in [1.807, 2.05) is 66.9 Å². The van der Waals surface area contributed by atoms with E-state index >= 15 is 0 Å². The molecule has 0 spiro atoms. The lowest BCUT2D eigenvalue weighted by molar-refractivity contribution is 0.965. The largest absolute Gasteiger partial charge is 0.275 e. The summed E-state index contributed by atoms with van der Waals surface area (Å²) in [5.74, 6) is 0. The molecule has 2 aromatic carbocycles. The van der Waals surface area contributed by atoms with Gasteiger partial charge in [0.15, 0.2) is 0 Å². The predicted molar refractivity (Wildman–Crippen MR) is 95.4 cm³/mol. The second kappa shape index (κ2) is 5.48. The zero-order chi connectivity index (χ0) is 15.8. The van der Waals surface area contributed by atoms with E-state index in [0.717, 1.165) is 27.9 Å². The molecular weight excluding hydrogens is 304 g/mol. The normalized spacial score (nSPS) is 11.0. The van der Waals surface area contributed by atoms with E-state index < -0.39 is 0 Å². The van der Waals surface area contributed by atoms with Gasteiger partial charge in [0.2, 0.25) is 0 Å². The molecule has 112 valence electrons. The van der Waals surface area contributed by atoms with Crippen molar-refractivity contribution in [3.63, 3.8) is 0 Å². The van der Waals surface area contributed by atoms with Gasteiger partial charge in [0.05, 0.1) is 11.2 Å². The summed E-state index contributed by atoms with van der Waals surface area (Å²) >= 11 is 1.45. The SMILES string of the molecule is Cc1cccc(-n2cnc3c(-c4ccccc4)csc3c2=O)c1. The number of hydrogen-bond acceptors (Lipinski definition) is 3. The smallest absolute Gasteiger partial charge is 0.267 e. The highest BCUT2D eigenvalue weighted by Crippen LogP contribution is 2.30. The molecule has 2 aromatic heterocycles. The zero-order valence-corrected chi connectivity index (χ0v) is 13.4. The van der Waals surface area contributed by atoms with Crippen LogP contribution in [0.1, 0.15) is 5.56 Å². The van der Waals surface area contributed by atoms with Crippen molar-refractivity contribution in [1.82, 2.24) is 9.55 Å². The highest BCUT2D eigenvalue weighted by Gasteiger charge is 2.13. The fourth-order valence-electron chi connectivity index (χ4n) is 2.69. The second-order valence-corrected chi connectivity index (χ2v) is 6.33. The fraction of sp³-hybridized carbons (Fsp3) is 0.0526. The van der Waals surface area contributed by atoms with Crippen LogP contribution in [0.25, 0.3) is 27.0 Å². The summed E-state index contributed by atoms with van der Waals surface area (Å²) in [6.45, 7) is 2.01. The van der Waals surface area contributed by atoms with Crippen molar-refractivity contribution in [2.75, 3.05) is 0 Å². The molecule has 0 fully saturated rings. The summed E-state index contributed by atoms with van der Waals surface area (Å²) in [6, 6.07) is 17.9. The molecule has 4 aromatic rings. The fourth-order valence-corrected chi connectivity index (χ4v) is 3.65. The Hall–Kier alpha value is -2.72. The summed E-state index contributed by atoms with van der Waals surface area (Å²) in [5, 5.41) is 2.01. The van der Waals surface area contributed by atoms with Crippen LogP contribution in [0, 0.1) is 6.92 Å². The molecule has 0 bridgehead atoms. The van der Waals surface area contributed by atoms with E-state index in [0.29, 0.717) is 4.70 Å². The predicted octanol–water partition coefficient (Wildman–Crippen LogP) is 4.42. The van der Waals surface area contributed by atoms with Crippen LogP contribution < -0.4 is 5.56 Å². The van der Waals surface area contributed by atoms with Crippen molar-refractivity contribution in [2.45, 2.75) is 6.92 Å². The number of nitrogens with zero attached hydrogens (tertiary/aromatic N) is 2. The van der Waals surface area contributed by atoms with Gasteiger partial charge in [0, 0.05) is 10.9 Å². The molecule has 0 radical (unpaired) electrons. The number of thiophene rings is 1. The first kappa shape index (κ1) is 13.9. The minimum Gasteiger partial charge on any atom is -0.267 e. The Kier molecular flexibility index (Phi) is 3.32. The van der Waals surface area contributed by atoms with Gasteiger partial charge in [-0.25, -0.2) is 4.98 Å². The Morgan fingerprint density at radius 1 is 1.04 bits per heavy atom. The van der Waals surface area contributed by atoms with Crippen LogP contribution in [0.4, 0.5) is 0 Å². The van der Waals surface area contributed by atoms with Crippen molar-refractivity contribution in [2.24, 2.45) is 0 Å². The Morgan fingerprint density at radius 2 is 1.87 bits per heavy atom. The van der Waals surface area contributed by atoms with E-state index in [2.05, 4.69) is 4.98 Å². The Morgan fingerprint density at radius 3 is 2.65 bits per heavy atom. The van der Waals surface area contributed by atoms with Crippen LogP contribution >= 0.6 is 11.3 Å². The Bertz CT molecular complexity index is 1050. The lowest BCUT2D eigenvalue weighted by atomic mass is 10.1. The third-order valence-corrected chi connectivity index (χ3v) is 4.80. The van der Waals surface area contributed by atoms with Crippen molar-refractivity contribution in [3.05, 3.63) is 82.2 Å². The first-order valence-electron chi connectivity index (χ1n) is 7.35. The Balaban J connectivity index is 1.93. The van der Waals surface area contributed by atoms with Gasteiger partial charge >= 0.3 is 0 Å². The van der Waals surface area contributed by atoms with Crippen LogP contribution in [0.2, 0.25) is 0 Å². The second-order valence-electron chi connectivity index (χ2n) is 5.45. The van der Waals surface area contributed by atoms with Gasteiger partial charge in [0.25, 0.3) is 5.56 Å². The van der Waals surface area contributed by atoms with Crippen LogP contribution in [-0.2, 0) is 0 Å². The van der Waals surface area contributed by atoms with Crippen LogP contribution in [0.15, 0.2) is 71.1 Å². The van der Waals surface area contributed by atoms with E-state index in [9.17, 15) is 4.79 Å². The highest BCUT2D eigenvalue weighted by atomic mass is 32.1. The van der Waals surface area contributed by atoms with Gasteiger partial charge in [0.1, 0.15) is 11.0 Å². The number of hydrogen-bond donors (Lipinski definition) is 0. The van der Waals surface area contributed by atoms with Gasteiger partial charge in [-0.1, -0.05) is 42.5 Å². The average Bonchev–Trinajstić information content (AvgIpc) is 3.01. The molecular formula is C19H14N2OS. The standard InChI is InChI=1S/C19H14N2OS/c1-13-6-5-9-15(10-13)21-12-20-17-16(11-23-18(17)19(21)22)14-7-3-2-4-8-14/h2-12H,1H3. The quantitative estimate of drug-likeness (QED) is 0.548. The topological polar surface area (TPSA) is 34.9 Å². The summed E-state index contributed by atoms with van der Waals surface area (Å²) in [5.41, 5.74) is 4.81. The van der Waals surface area contributed by atoms with Crippen LogP contribution in [-0.4, -0.2) is 9.55 Å². The molecule has 4 rings (SSSR count). The van der Waals surface area contributed by atoms with E-state index in [4.69, 9.17) is 0 Å². The van der Waals surface area contributed by atoms with Crippen molar-refractivity contribution >= 4 is 21.6 Å². The molecule has 0 N–H and O–H groups in total. The maximum absolute atomic E-state index is 12.8. The Labute approximate surface area is 137 Å². The maximum atomic E-state index is 12.8. The van der Waals surface area contributed by atoms with E-state index in [-0.39, 0.29) is 5.56 Å². The monoisotopic (exact) mass is 318 g/mol. The molecule has 0 atom stereocenters.